The van der Waals surface area contributed by atoms with Crippen molar-refractivity contribution in [2.75, 3.05) is 11.1 Å². The molecule has 1 amide bonds. The number of nitrogens with zero attached hydrogens (tertiary/aromatic N) is 4. The predicted octanol–water partition coefficient (Wildman–Crippen LogP) is 7.34. The number of carbonyl (C=O) groups is 1. The molecule has 0 saturated carbocycles. The summed E-state index contributed by atoms with van der Waals surface area (Å²) in [5.41, 5.74) is 6.81. The van der Waals surface area contributed by atoms with E-state index >= 15 is 0 Å². The fourth-order valence-electron chi connectivity index (χ4n) is 4.86. The van der Waals surface area contributed by atoms with E-state index in [1.54, 1.807) is 6.21 Å². The number of aromatic nitrogens is 3. The second-order valence-corrected chi connectivity index (χ2v) is 11.9. The highest BCUT2D eigenvalue weighted by molar-refractivity contribution is 14.1. The second-order valence-electron chi connectivity index (χ2n) is 9.70. The Hall–Kier alpha value is -4.22. The number of rotatable bonds is 9. The zero-order chi connectivity index (χ0) is 28.9. The summed E-state index contributed by atoms with van der Waals surface area (Å²) in [6.07, 6.45) is 1.73. The van der Waals surface area contributed by atoms with Gasteiger partial charge in [-0.1, -0.05) is 78.5 Å². The summed E-state index contributed by atoms with van der Waals surface area (Å²) in [7, 11) is 0. The molecule has 1 heterocycles. The molecule has 0 saturated heterocycles. The van der Waals surface area contributed by atoms with Crippen LogP contribution in [0.1, 0.15) is 17.0 Å². The number of benzene rings is 5. The monoisotopic (exact) mass is 682 g/mol. The number of halogens is 1. The SMILES string of the molecule is Cc1cc(I)ccc1NCc1nnc(SCC(=O)N/N=C/c2c3ccccc3cc3ccccc23)n1-c1ccccc1. The lowest BCUT2D eigenvalue weighted by Gasteiger charge is -2.12. The van der Waals surface area contributed by atoms with Gasteiger partial charge in [-0.15, -0.1) is 10.2 Å². The van der Waals surface area contributed by atoms with Crippen molar-refractivity contribution >= 4 is 73.7 Å². The molecule has 42 heavy (non-hydrogen) atoms. The standard InChI is InChI=1S/C33H27IN6OS/c1-22-17-25(34)15-16-30(22)35-20-31-37-39-33(40(31)26-11-3-2-4-12-26)42-21-32(41)38-36-19-29-27-13-7-5-9-23(27)18-24-10-6-8-14-28(24)29/h2-19,35H,20-21H2,1H3,(H,38,41)/b36-19+. The van der Waals surface area contributed by atoms with Crippen LogP contribution in [0.15, 0.2) is 113 Å². The van der Waals surface area contributed by atoms with Crippen LogP contribution >= 0.6 is 34.4 Å². The molecular weight excluding hydrogens is 655 g/mol. The quantitative estimate of drug-likeness (QED) is 0.0549. The van der Waals surface area contributed by atoms with Crippen LogP contribution in [0.4, 0.5) is 5.69 Å². The average Bonchev–Trinajstić information content (AvgIpc) is 3.42. The third-order valence-electron chi connectivity index (χ3n) is 6.87. The molecule has 0 aliphatic carbocycles. The van der Waals surface area contributed by atoms with Crippen molar-refractivity contribution in [3.63, 3.8) is 0 Å². The van der Waals surface area contributed by atoms with Crippen molar-refractivity contribution in [3.05, 3.63) is 124 Å². The predicted molar refractivity (Wildman–Crippen MR) is 180 cm³/mol. The molecule has 7 nitrogen and oxygen atoms in total. The van der Waals surface area contributed by atoms with Gasteiger partial charge in [-0.3, -0.25) is 9.36 Å². The van der Waals surface area contributed by atoms with Crippen LogP contribution in [0.5, 0.6) is 0 Å². The first-order chi connectivity index (χ1) is 20.6. The van der Waals surface area contributed by atoms with Crippen molar-refractivity contribution in [2.45, 2.75) is 18.6 Å². The van der Waals surface area contributed by atoms with E-state index in [9.17, 15) is 4.79 Å². The second kappa shape index (κ2) is 12.7. The first-order valence-corrected chi connectivity index (χ1v) is 15.5. The average molecular weight is 683 g/mol. The van der Waals surface area contributed by atoms with Crippen molar-refractivity contribution in [1.82, 2.24) is 20.2 Å². The fourth-order valence-corrected chi connectivity index (χ4v) is 6.27. The maximum atomic E-state index is 12.8. The van der Waals surface area contributed by atoms with Crippen molar-refractivity contribution in [3.8, 4) is 5.69 Å². The van der Waals surface area contributed by atoms with E-state index in [0.717, 1.165) is 49.9 Å². The molecule has 9 heteroatoms. The van der Waals surface area contributed by atoms with Gasteiger partial charge in [0.2, 0.25) is 0 Å². The van der Waals surface area contributed by atoms with Gasteiger partial charge in [0.25, 0.3) is 5.91 Å². The minimum absolute atomic E-state index is 0.141. The topological polar surface area (TPSA) is 84.2 Å². The van der Waals surface area contributed by atoms with Crippen molar-refractivity contribution in [2.24, 2.45) is 5.10 Å². The number of hydrazone groups is 1. The van der Waals surface area contributed by atoms with E-state index in [2.05, 4.69) is 104 Å². The molecule has 0 fully saturated rings. The van der Waals surface area contributed by atoms with Crippen LogP contribution in [-0.2, 0) is 11.3 Å². The third-order valence-corrected chi connectivity index (χ3v) is 8.47. The lowest BCUT2D eigenvalue weighted by atomic mass is 9.97. The number of nitrogens with one attached hydrogen (secondary N) is 2. The zero-order valence-electron chi connectivity index (χ0n) is 22.8. The number of para-hydroxylation sites is 1. The Morgan fingerprint density at radius 1 is 0.905 bits per heavy atom. The van der Waals surface area contributed by atoms with Gasteiger partial charge < -0.3 is 5.32 Å². The maximum absolute atomic E-state index is 12.8. The van der Waals surface area contributed by atoms with Crippen LogP contribution in [0.2, 0.25) is 0 Å². The molecule has 0 spiro atoms. The number of hydrogen-bond acceptors (Lipinski definition) is 6. The molecule has 208 valence electrons. The van der Waals surface area contributed by atoms with E-state index < -0.39 is 0 Å². The number of anilines is 1. The van der Waals surface area contributed by atoms with Crippen molar-refractivity contribution < 1.29 is 4.79 Å². The van der Waals surface area contributed by atoms with Gasteiger partial charge in [-0.2, -0.15) is 5.10 Å². The van der Waals surface area contributed by atoms with Crippen LogP contribution in [0.25, 0.3) is 27.2 Å². The smallest absolute Gasteiger partial charge is 0.250 e. The van der Waals surface area contributed by atoms with Gasteiger partial charge in [-0.05, 0) is 93.0 Å². The highest BCUT2D eigenvalue weighted by atomic mass is 127. The van der Waals surface area contributed by atoms with Crippen LogP contribution in [0, 0.1) is 10.5 Å². The minimum atomic E-state index is -0.224. The Balaban J connectivity index is 1.17. The minimum Gasteiger partial charge on any atom is -0.378 e. The van der Waals surface area contributed by atoms with Crippen molar-refractivity contribution in [1.29, 1.82) is 0 Å². The Labute approximate surface area is 261 Å². The third kappa shape index (κ3) is 6.17. The molecule has 1 aromatic heterocycles. The fraction of sp³-hybridized carbons (Fsp3) is 0.0909. The first-order valence-electron chi connectivity index (χ1n) is 13.4. The number of amides is 1. The van der Waals surface area contributed by atoms with E-state index in [0.29, 0.717) is 11.7 Å². The largest absolute Gasteiger partial charge is 0.378 e. The Kier molecular flexibility index (Phi) is 8.47. The zero-order valence-corrected chi connectivity index (χ0v) is 25.8. The highest BCUT2D eigenvalue weighted by Crippen LogP contribution is 2.27. The molecule has 0 bridgehead atoms. The van der Waals surface area contributed by atoms with Gasteiger partial charge in [-0.25, -0.2) is 5.43 Å². The van der Waals surface area contributed by atoms with E-state index in [-0.39, 0.29) is 11.7 Å². The first kappa shape index (κ1) is 27.9. The Morgan fingerprint density at radius 2 is 1.60 bits per heavy atom. The molecular formula is C33H27IN6OS. The van der Waals surface area contributed by atoms with E-state index in [1.165, 1.54) is 15.3 Å². The van der Waals surface area contributed by atoms with E-state index in [1.807, 2.05) is 59.2 Å². The molecule has 2 N–H and O–H groups in total. The van der Waals surface area contributed by atoms with Crippen LogP contribution in [0.3, 0.4) is 0 Å². The number of hydrogen-bond donors (Lipinski definition) is 2. The molecule has 0 aliphatic heterocycles. The van der Waals surface area contributed by atoms with Crippen LogP contribution < -0.4 is 10.7 Å². The molecule has 0 atom stereocenters. The lowest BCUT2D eigenvalue weighted by molar-refractivity contribution is -0.118. The number of thioether (sulfide) groups is 1. The summed E-state index contributed by atoms with van der Waals surface area (Å²) < 4.78 is 3.17. The molecule has 0 radical (unpaired) electrons. The van der Waals surface area contributed by atoms with Gasteiger partial charge in [0.1, 0.15) is 0 Å². The summed E-state index contributed by atoms with van der Waals surface area (Å²) in [6.45, 7) is 2.57. The number of fused-ring (bicyclic) bond motifs is 2. The molecule has 0 aliphatic rings. The maximum Gasteiger partial charge on any atom is 0.250 e. The summed E-state index contributed by atoms with van der Waals surface area (Å²) in [6, 6.07) is 34.8. The Bertz CT molecular complexity index is 1870. The number of aryl methyl sites for hydroxylation is 1. The Morgan fingerprint density at radius 3 is 2.31 bits per heavy atom. The molecule has 6 aromatic rings. The normalized spacial score (nSPS) is 11.4. The van der Waals surface area contributed by atoms with Gasteiger partial charge in [0.15, 0.2) is 11.0 Å². The summed E-state index contributed by atoms with van der Waals surface area (Å²) in [5.74, 6) is 0.669. The summed E-state index contributed by atoms with van der Waals surface area (Å²) >= 11 is 3.64. The molecule has 6 rings (SSSR count). The van der Waals surface area contributed by atoms with Gasteiger partial charge in [0.05, 0.1) is 18.5 Å². The molecule has 0 unspecified atom stereocenters. The van der Waals surface area contributed by atoms with E-state index in [4.69, 9.17) is 0 Å². The lowest BCUT2D eigenvalue weighted by Crippen LogP contribution is -2.20. The summed E-state index contributed by atoms with van der Waals surface area (Å²) in [5, 5.41) is 21.7. The summed E-state index contributed by atoms with van der Waals surface area (Å²) in [4.78, 5) is 12.8. The van der Waals surface area contributed by atoms with Crippen LogP contribution in [-0.4, -0.2) is 32.6 Å². The number of carbonyl (C=O) groups excluding carboxylic acids is 1. The molecule has 5 aromatic carbocycles. The van der Waals surface area contributed by atoms with Gasteiger partial charge in [0, 0.05) is 20.5 Å². The highest BCUT2D eigenvalue weighted by Gasteiger charge is 2.16. The van der Waals surface area contributed by atoms with Gasteiger partial charge >= 0.3 is 0 Å².